The van der Waals surface area contributed by atoms with Crippen molar-refractivity contribution in [1.29, 1.82) is 0 Å². The van der Waals surface area contributed by atoms with Gasteiger partial charge < -0.3 is 24.1 Å². The number of methoxy groups -OCH3 is 3. The minimum atomic E-state index is -1.29. The SMILES string of the molecule is COC1CC(OC)C2C(=O)[C@]3(OC2C1Cl)[C@H](C)CC1NN(C)C(C2CCCCC2OC)C1[C@H]3O. The molecule has 5 rings (SSSR count). The largest absolute Gasteiger partial charge is 0.389 e. The lowest BCUT2D eigenvalue weighted by Gasteiger charge is -2.49. The highest BCUT2D eigenvalue weighted by Crippen LogP contribution is 2.55. The minimum Gasteiger partial charge on any atom is -0.389 e. The Labute approximate surface area is 207 Å². The molecule has 2 saturated heterocycles. The van der Waals surface area contributed by atoms with Crippen LogP contribution in [0.5, 0.6) is 0 Å². The average Bonchev–Trinajstić information content (AvgIpc) is 3.33. The summed E-state index contributed by atoms with van der Waals surface area (Å²) in [6, 6.07) is 0.145. The molecule has 10 unspecified atom stereocenters. The van der Waals surface area contributed by atoms with Crippen LogP contribution in [0, 0.1) is 23.7 Å². The van der Waals surface area contributed by atoms with Gasteiger partial charge in [0, 0.05) is 58.7 Å². The van der Waals surface area contributed by atoms with Crippen molar-refractivity contribution in [2.24, 2.45) is 23.7 Å². The van der Waals surface area contributed by atoms with Crippen LogP contribution in [0.15, 0.2) is 0 Å². The molecule has 2 N–H and O–H groups in total. The highest BCUT2D eigenvalue weighted by atomic mass is 35.5. The molecule has 0 aromatic heterocycles. The second-order valence-electron chi connectivity index (χ2n) is 11.2. The molecule has 13 atom stereocenters. The molecule has 3 aliphatic carbocycles. The zero-order valence-electron chi connectivity index (χ0n) is 21.0. The van der Waals surface area contributed by atoms with Crippen LogP contribution in [0.2, 0.25) is 0 Å². The van der Waals surface area contributed by atoms with Crippen LogP contribution in [0.3, 0.4) is 0 Å². The first-order valence-corrected chi connectivity index (χ1v) is 13.3. The van der Waals surface area contributed by atoms with Crippen molar-refractivity contribution in [1.82, 2.24) is 10.4 Å². The van der Waals surface area contributed by atoms with E-state index >= 15 is 0 Å². The van der Waals surface area contributed by atoms with Crippen LogP contribution in [-0.4, -0.2) is 97.9 Å². The third-order valence-corrected chi connectivity index (χ3v) is 10.4. The summed E-state index contributed by atoms with van der Waals surface area (Å²) >= 11 is 6.82. The molecule has 0 aromatic rings. The maximum Gasteiger partial charge on any atom is 0.175 e. The first kappa shape index (κ1) is 25.3. The van der Waals surface area contributed by atoms with Gasteiger partial charge >= 0.3 is 0 Å². The molecule has 5 aliphatic rings. The van der Waals surface area contributed by atoms with Gasteiger partial charge in [0.1, 0.15) is 0 Å². The Bertz CT molecular complexity index is 774. The van der Waals surface area contributed by atoms with Crippen LogP contribution >= 0.6 is 11.6 Å². The van der Waals surface area contributed by atoms with Crippen molar-refractivity contribution in [3.8, 4) is 0 Å². The molecule has 0 bridgehead atoms. The van der Waals surface area contributed by atoms with E-state index in [1.165, 1.54) is 0 Å². The molecule has 1 spiro atoms. The second-order valence-corrected chi connectivity index (χ2v) is 11.7. The molecule has 9 heteroatoms. The number of aliphatic hydroxyl groups excluding tert-OH is 1. The van der Waals surface area contributed by atoms with Crippen molar-refractivity contribution >= 4 is 17.4 Å². The van der Waals surface area contributed by atoms with Gasteiger partial charge in [-0.1, -0.05) is 19.8 Å². The van der Waals surface area contributed by atoms with E-state index in [1.54, 1.807) is 21.3 Å². The van der Waals surface area contributed by atoms with Crippen molar-refractivity contribution < 1.29 is 28.8 Å². The number of ketones is 1. The van der Waals surface area contributed by atoms with Crippen molar-refractivity contribution in [2.75, 3.05) is 28.4 Å². The molecule has 0 radical (unpaired) electrons. The third kappa shape index (κ3) is 3.55. The summed E-state index contributed by atoms with van der Waals surface area (Å²) in [6.07, 6.45) is 3.75. The van der Waals surface area contributed by atoms with E-state index in [1.807, 2.05) is 6.92 Å². The first-order valence-electron chi connectivity index (χ1n) is 12.9. The Morgan fingerprint density at radius 2 is 1.76 bits per heavy atom. The number of nitrogens with one attached hydrogen (secondary N) is 1. The predicted molar refractivity (Wildman–Crippen MR) is 126 cm³/mol. The number of hydrogen-bond donors (Lipinski definition) is 2. The standard InChI is InChI=1S/C25H41ClN2O6/c1-12-10-14-18(21(28(2)27-14)13-8-6-7-9-15(13)31-3)23(29)25(12)24(30)19-16(32-4)11-17(33-5)20(26)22(19)34-25/h12-23,27,29H,6-11H2,1-5H3/t12-,13?,14?,15?,16?,17?,18?,19?,20?,21?,22?,23-,25+/m1/s1. The van der Waals surface area contributed by atoms with Crippen LogP contribution in [0.4, 0.5) is 0 Å². The number of rotatable bonds is 4. The maximum atomic E-state index is 14.2. The summed E-state index contributed by atoms with van der Waals surface area (Å²) in [5.74, 6) is -0.564. The molecular formula is C25H41ClN2O6. The number of fused-ring (bicyclic) bond motifs is 2. The van der Waals surface area contributed by atoms with E-state index in [0.29, 0.717) is 6.42 Å². The second kappa shape index (κ2) is 9.53. The Hall–Kier alpha value is -0.320. The van der Waals surface area contributed by atoms with E-state index < -0.39 is 29.1 Å². The van der Waals surface area contributed by atoms with Gasteiger partial charge in [0.25, 0.3) is 0 Å². The number of hydrogen-bond acceptors (Lipinski definition) is 8. The zero-order valence-corrected chi connectivity index (χ0v) is 21.7. The molecule has 0 amide bonds. The van der Waals surface area contributed by atoms with Crippen molar-refractivity contribution in [3.05, 3.63) is 0 Å². The number of ether oxygens (including phenoxy) is 4. The van der Waals surface area contributed by atoms with Gasteiger partial charge in [-0.2, -0.15) is 0 Å². The molecule has 2 aliphatic heterocycles. The molecule has 8 nitrogen and oxygen atoms in total. The first-order chi connectivity index (χ1) is 16.3. The third-order valence-electron chi connectivity index (χ3n) is 9.83. The van der Waals surface area contributed by atoms with Gasteiger partial charge in [0.05, 0.1) is 41.8 Å². The van der Waals surface area contributed by atoms with Gasteiger partial charge in [-0.25, -0.2) is 5.01 Å². The maximum absolute atomic E-state index is 14.2. The van der Waals surface area contributed by atoms with Gasteiger partial charge in [0.15, 0.2) is 11.4 Å². The van der Waals surface area contributed by atoms with E-state index in [2.05, 4.69) is 17.5 Å². The van der Waals surface area contributed by atoms with E-state index in [4.69, 9.17) is 30.5 Å². The number of Topliss-reactive ketones (excluding diaryl/α,β-unsaturated/α-hetero) is 1. The van der Waals surface area contributed by atoms with E-state index in [0.717, 1.165) is 32.1 Å². The van der Waals surface area contributed by atoms with E-state index in [9.17, 15) is 9.90 Å². The average molecular weight is 501 g/mol. The van der Waals surface area contributed by atoms with Crippen LogP contribution in [-0.2, 0) is 23.7 Å². The number of carbonyl (C=O) groups is 1. The summed E-state index contributed by atoms with van der Waals surface area (Å²) in [7, 11) is 7.10. The summed E-state index contributed by atoms with van der Waals surface area (Å²) < 4.78 is 23.9. The van der Waals surface area contributed by atoms with E-state index in [-0.39, 0.29) is 53.9 Å². The van der Waals surface area contributed by atoms with Crippen LogP contribution in [0.1, 0.15) is 45.4 Å². The molecule has 0 aromatic carbocycles. The number of hydrazine groups is 1. The lowest BCUT2D eigenvalue weighted by molar-refractivity contribution is -0.196. The normalized spacial score (nSPS) is 53.8. The minimum absolute atomic E-state index is 0.0526. The van der Waals surface area contributed by atoms with Crippen LogP contribution in [0.25, 0.3) is 0 Å². The fourth-order valence-corrected chi connectivity index (χ4v) is 8.65. The fourth-order valence-electron chi connectivity index (χ4n) is 8.23. The smallest absolute Gasteiger partial charge is 0.175 e. The van der Waals surface area contributed by atoms with Gasteiger partial charge in [-0.05, 0) is 25.2 Å². The number of aliphatic hydroxyl groups is 1. The monoisotopic (exact) mass is 500 g/mol. The number of halogens is 1. The fraction of sp³-hybridized carbons (Fsp3) is 0.960. The highest BCUT2D eigenvalue weighted by Gasteiger charge is 2.71. The molecule has 2 heterocycles. The molecule has 3 saturated carbocycles. The summed E-state index contributed by atoms with van der Waals surface area (Å²) in [5.41, 5.74) is 2.33. The quantitative estimate of drug-likeness (QED) is 0.564. The predicted octanol–water partition coefficient (Wildman–Crippen LogP) is 1.76. The molecule has 34 heavy (non-hydrogen) atoms. The Kier molecular flexibility index (Phi) is 7.10. The lowest BCUT2D eigenvalue weighted by Crippen LogP contribution is -2.65. The highest BCUT2D eigenvalue weighted by molar-refractivity contribution is 6.22. The number of carbonyl (C=O) groups excluding carboxylic acids is 1. The summed E-state index contributed by atoms with van der Waals surface area (Å²) in [6.45, 7) is 2.03. The Morgan fingerprint density at radius 3 is 2.44 bits per heavy atom. The van der Waals surface area contributed by atoms with Gasteiger partial charge in [-0.3, -0.25) is 10.2 Å². The lowest BCUT2D eigenvalue weighted by atomic mass is 9.60. The molecule has 194 valence electrons. The summed E-state index contributed by atoms with van der Waals surface area (Å²) in [4.78, 5) is 14.2. The van der Waals surface area contributed by atoms with Crippen LogP contribution < -0.4 is 5.43 Å². The van der Waals surface area contributed by atoms with Gasteiger partial charge in [0.2, 0.25) is 0 Å². The van der Waals surface area contributed by atoms with Gasteiger partial charge in [-0.15, -0.1) is 11.6 Å². The van der Waals surface area contributed by atoms with Crippen molar-refractivity contribution in [2.45, 2.75) is 99.0 Å². The zero-order chi connectivity index (χ0) is 24.4. The number of alkyl halides is 1. The topological polar surface area (TPSA) is 89.5 Å². The molecular weight excluding hydrogens is 460 g/mol. The summed E-state index contributed by atoms with van der Waals surface area (Å²) in [5, 5.41) is 13.8. The Balaban J connectivity index is 1.50. The molecule has 5 fully saturated rings. The van der Waals surface area contributed by atoms with Crippen molar-refractivity contribution in [3.63, 3.8) is 0 Å². The number of nitrogens with zero attached hydrogens (tertiary/aromatic N) is 1. The Morgan fingerprint density at radius 1 is 1.09 bits per heavy atom.